The van der Waals surface area contributed by atoms with Gasteiger partial charge in [-0.25, -0.2) is 0 Å². The van der Waals surface area contributed by atoms with Crippen molar-refractivity contribution in [2.45, 2.75) is 6.54 Å². The first-order valence-electron chi connectivity index (χ1n) is 8.11. The van der Waals surface area contributed by atoms with Crippen molar-refractivity contribution in [3.63, 3.8) is 0 Å². The normalized spacial score (nSPS) is 13.6. The summed E-state index contributed by atoms with van der Waals surface area (Å²) in [5.74, 6) is 0.676. The molecular formula is C19H22N2O3. The fourth-order valence-electron chi connectivity index (χ4n) is 2.74. The Bertz CT molecular complexity index is 688. The summed E-state index contributed by atoms with van der Waals surface area (Å²) in [5.41, 5.74) is 2.87. The summed E-state index contributed by atoms with van der Waals surface area (Å²) < 4.78 is 10.8. The molecular weight excluding hydrogens is 304 g/mol. The summed E-state index contributed by atoms with van der Waals surface area (Å²) >= 11 is 0. The highest BCUT2D eigenvalue weighted by molar-refractivity contribution is 5.94. The zero-order valence-electron chi connectivity index (χ0n) is 13.8. The van der Waals surface area contributed by atoms with Crippen LogP contribution >= 0.6 is 0 Å². The van der Waals surface area contributed by atoms with Crippen LogP contribution in [0.2, 0.25) is 0 Å². The van der Waals surface area contributed by atoms with E-state index in [1.165, 1.54) is 5.69 Å². The molecule has 0 unspecified atom stereocenters. The molecule has 0 aliphatic carbocycles. The second-order valence-electron chi connectivity index (χ2n) is 5.68. The zero-order valence-corrected chi connectivity index (χ0v) is 13.8. The predicted molar refractivity (Wildman–Crippen MR) is 93.6 cm³/mol. The van der Waals surface area contributed by atoms with E-state index in [0.717, 1.165) is 24.4 Å². The van der Waals surface area contributed by atoms with Crippen molar-refractivity contribution in [3.05, 3.63) is 59.7 Å². The van der Waals surface area contributed by atoms with Crippen LogP contribution in [0.4, 0.5) is 5.69 Å². The van der Waals surface area contributed by atoms with Crippen molar-refractivity contribution in [2.24, 2.45) is 0 Å². The molecule has 1 N–H and O–H groups in total. The maximum absolute atomic E-state index is 12.1. The number of methoxy groups -OCH3 is 1. The van der Waals surface area contributed by atoms with E-state index in [4.69, 9.17) is 9.47 Å². The molecule has 0 atom stereocenters. The largest absolute Gasteiger partial charge is 0.491 e. The number of nitrogens with one attached hydrogen (secondary N) is 1. The van der Waals surface area contributed by atoms with E-state index >= 15 is 0 Å². The second kappa shape index (κ2) is 7.84. The van der Waals surface area contributed by atoms with Crippen LogP contribution in [-0.2, 0) is 11.3 Å². The van der Waals surface area contributed by atoms with Crippen LogP contribution in [-0.4, -0.2) is 39.3 Å². The lowest BCUT2D eigenvalue weighted by Gasteiger charge is -2.21. The summed E-state index contributed by atoms with van der Waals surface area (Å²) in [5, 5.41) is 2.83. The molecule has 24 heavy (non-hydrogen) atoms. The van der Waals surface area contributed by atoms with Gasteiger partial charge < -0.3 is 19.7 Å². The number of para-hydroxylation sites is 1. The summed E-state index contributed by atoms with van der Waals surface area (Å²) in [6, 6.07) is 15.9. The van der Waals surface area contributed by atoms with Crippen molar-refractivity contribution in [3.8, 4) is 5.75 Å². The molecule has 5 heteroatoms. The van der Waals surface area contributed by atoms with Gasteiger partial charge in [-0.05, 0) is 24.3 Å². The van der Waals surface area contributed by atoms with Crippen molar-refractivity contribution in [1.29, 1.82) is 0 Å². The van der Waals surface area contributed by atoms with Crippen molar-refractivity contribution >= 4 is 11.6 Å². The molecule has 1 aliphatic heterocycles. The van der Waals surface area contributed by atoms with E-state index in [1.54, 1.807) is 7.11 Å². The standard InChI is InChI=1S/C19H22N2O3/c1-23-11-9-20-19(22)15-7-8-16-14-21(10-12-24-18(16)13-15)17-5-3-2-4-6-17/h2-8,13H,9-12,14H2,1H3,(H,20,22). The summed E-state index contributed by atoms with van der Waals surface area (Å²) in [6.45, 7) is 3.17. The summed E-state index contributed by atoms with van der Waals surface area (Å²) in [6.07, 6.45) is 0. The number of ether oxygens (including phenoxy) is 2. The van der Waals surface area contributed by atoms with Gasteiger partial charge in [-0.3, -0.25) is 4.79 Å². The zero-order chi connectivity index (χ0) is 16.8. The second-order valence-corrected chi connectivity index (χ2v) is 5.68. The smallest absolute Gasteiger partial charge is 0.251 e. The van der Waals surface area contributed by atoms with Gasteiger partial charge in [0.2, 0.25) is 0 Å². The third kappa shape index (κ3) is 3.86. The van der Waals surface area contributed by atoms with Crippen LogP contribution in [0.5, 0.6) is 5.75 Å². The van der Waals surface area contributed by atoms with Crippen molar-refractivity contribution in [1.82, 2.24) is 5.32 Å². The molecule has 0 bridgehead atoms. The van der Waals surface area contributed by atoms with Crippen LogP contribution in [0, 0.1) is 0 Å². The topological polar surface area (TPSA) is 50.8 Å². The van der Waals surface area contributed by atoms with E-state index in [-0.39, 0.29) is 5.91 Å². The van der Waals surface area contributed by atoms with Crippen LogP contribution in [0.15, 0.2) is 48.5 Å². The van der Waals surface area contributed by atoms with Crippen LogP contribution in [0.3, 0.4) is 0 Å². The van der Waals surface area contributed by atoms with Crippen molar-refractivity contribution in [2.75, 3.05) is 38.3 Å². The Kier molecular flexibility index (Phi) is 5.33. The molecule has 0 saturated heterocycles. The fourth-order valence-corrected chi connectivity index (χ4v) is 2.74. The minimum atomic E-state index is -0.109. The van der Waals surface area contributed by atoms with E-state index in [0.29, 0.717) is 25.3 Å². The van der Waals surface area contributed by atoms with Gasteiger partial charge in [0.15, 0.2) is 0 Å². The van der Waals surface area contributed by atoms with Gasteiger partial charge >= 0.3 is 0 Å². The Morgan fingerprint density at radius 2 is 2.08 bits per heavy atom. The monoisotopic (exact) mass is 326 g/mol. The molecule has 2 aromatic carbocycles. The van der Waals surface area contributed by atoms with Crippen LogP contribution in [0.25, 0.3) is 0 Å². The molecule has 2 aromatic rings. The van der Waals surface area contributed by atoms with Gasteiger partial charge in [-0.2, -0.15) is 0 Å². The maximum Gasteiger partial charge on any atom is 0.251 e. The molecule has 126 valence electrons. The lowest BCUT2D eigenvalue weighted by atomic mass is 10.1. The highest BCUT2D eigenvalue weighted by atomic mass is 16.5. The first-order valence-corrected chi connectivity index (χ1v) is 8.11. The Morgan fingerprint density at radius 1 is 1.25 bits per heavy atom. The predicted octanol–water partition coefficient (Wildman–Crippen LogP) is 2.46. The van der Waals surface area contributed by atoms with Gasteiger partial charge in [0.1, 0.15) is 12.4 Å². The number of carbonyl (C=O) groups is 1. The lowest BCUT2D eigenvalue weighted by molar-refractivity contribution is 0.0936. The number of benzene rings is 2. The van der Waals surface area contributed by atoms with E-state index < -0.39 is 0 Å². The average molecular weight is 326 g/mol. The Hall–Kier alpha value is -2.53. The molecule has 0 fully saturated rings. The quantitative estimate of drug-likeness (QED) is 0.858. The number of fused-ring (bicyclic) bond motifs is 1. The number of amides is 1. The molecule has 3 rings (SSSR count). The third-order valence-electron chi connectivity index (χ3n) is 4.02. The number of nitrogens with zero attached hydrogens (tertiary/aromatic N) is 1. The highest BCUT2D eigenvalue weighted by Gasteiger charge is 2.17. The minimum absolute atomic E-state index is 0.109. The SMILES string of the molecule is COCCNC(=O)c1ccc2c(c1)OCCN(c1ccccc1)C2. The number of rotatable bonds is 5. The van der Waals surface area contributed by atoms with Gasteiger partial charge in [0.25, 0.3) is 5.91 Å². The lowest BCUT2D eigenvalue weighted by Crippen LogP contribution is -2.27. The van der Waals surface area contributed by atoms with Gasteiger partial charge in [-0.1, -0.05) is 24.3 Å². The van der Waals surface area contributed by atoms with Crippen LogP contribution in [0.1, 0.15) is 15.9 Å². The number of anilines is 1. The van der Waals surface area contributed by atoms with Gasteiger partial charge in [0.05, 0.1) is 13.2 Å². The number of carbonyl (C=O) groups excluding carboxylic acids is 1. The Labute approximate surface area is 142 Å². The molecule has 0 spiro atoms. The maximum atomic E-state index is 12.1. The Morgan fingerprint density at radius 3 is 2.88 bits per heavy atom. The van der Waals surface area contributed by atoms with Crippen molar-refractivity contribution < 1.29 is 14.3 Å². The average Bonchev–Trinajstić information content (AvgIpc) is 2.84. The third-order valence-corrected chi connectivity index (χ3v) is 4.02. The molecule has 1 aliphatic rings. The van der Waals surface area contributed by atoms with E-state index in [1.807, 2.05) is 36.4 Å². The number of hydrogen-bond acceptors (Lipinski definition) is 4. The summed E-state index contributed by atoms with van der Waals surface area (Å²) in [4.78, 5) is 14.4. The molecule has 1 heterocycles. The first kappa shape index (κ1) is 16.3. The fraction of sp³-hybridized carbons (Fsp3) is 0.316. The van der Waals surface area contributed by atoms with E-state index in [2.05, 4.69) is 22.3 Å². The van der Waals surface area contributed by atoms with Gasteiger partial charge in [-0.15, -0.1) is 0 Å². The molecule has 5 nitrogen and oxygen atoms in total. The molecule has 0 radical (unpaired) electrons. The number of hydrogen-bond donors (Lipinski definition) is 1. The molecule has 1 amide bonds. The van der Waals surface area contributed by atoms with E-state index in [9.17, 15) is 4.79 Å². The van der Waals surface area contributed by atoms with Crippen LogP contribution < -0.4 is 15.0 Å². The molecule has 0 saturated carbocycles. The summed E-state index contributed by atoms with van der Waals surface area (Å²) in [7, 11) is 1.61. The van der Waals surface area contributed by atoms with Gasteiger partial charge in [0, 0.05) is 37.0 Å². The Balaban J connectivity index is 1.74. The first-order chi connectivity index (χ1) is 11.8. The minimum Gasteiger partial charge on any atom is -0.491 e. The highest BCUT2D eigenvalue weighted by Crippen LogP contribution is 2.27. The molecule has 0 aromatic heterocycles.